The number of unbranched alkanes of at least 4 members (excludes halogenated alkanes) is 8. The molecule has 0 saturated carbocycles. The number of nitrogens with one attached hydrogen (secondary N) is 5. The Morgan fingerprint density at radius 2 is 1.59 bits per heavy atom. The molecule has 0 radical (unpaired) electrons. The number of phenols is 1. The van der Waals surface area contributed by atoms with Gasteiger partial charge in [-0.25, -0.2) is 0 Å². The molecule has 1 aliphatic heterocycles. The molecule has 0 spiro atoms. The van der Waals surface area contributed by atoms with Crippen molar-refractivity contribution >= 4 is 35.5 Å². The average molecular weight is 925 g/mol. The van der Waals surface area contributed by atoms with Gasteiger partial charge in [0, 0.05) is 51.0 Å². The van der Waals surface area contributed by atoms with Crippen LogP contribution in [0, 0.1) is 0 Å². The van der Waals surface area contributed by atoms with Crippen molar-refractivity contribution in [2.45, 2.75) is 147 Å². The molecule has 2 aromatic carbocycles. The van der Waals surface area contributed by atoms with E-state index in [-0.39, 0.29) is 61.8 Å². The van der Waals surface area contributed by atoms with E-state index in [0.717, 1.165) is 19.4 Å². The Morgan fingerprint density at radius 1 is 0.879 bits per heavy atom. The van der Waals surface area contributed by atoms with E-state index in [1.54, 1.807) is 24.3 Å². The number of aliphatic hydroxyl groups is 1. The number of phenolic OH excluding ortho intramolecular Hbond substituents is 1. The summed E-state index contributed by atoms with van der Waals surface area (Å²) in [6, 6.07) is 3.71. The quantitative estimate of drug-likeness (QED) is 0.0461. The smallest absolute Gasteiger partial charge is 0.302 e. The van der Waals surface area contributed by atoms with E-state index in [9.17, 15) is 39.0 Å². The van der Waals surface area contributed by atoms with Crippen LogP contribution in [0.1, 0.15) is 122 Å². The van der Waals surface area contributed by atoms with Gasteiger partial charge in [-0.1, -0.05) is 64.0 Å². The first-order valence-electron chi connectivity index (χ1n) is 23.6. The summed E-state index contributed by atoms with van der Waals surface area (Å²) < 4.78 is 10.9. The van der Waals surface area contributed by atoms with Crippen LogP contribution >= 0.6 is 0 Å². The van der Waals surface area contributed by atoms with Crippen molar-refractivity contribution in [3.05, 3.63) is 47.5 Å². The molecule has 1 aliphatic rings. The Kier molecular flexibility index (Phi) is 24.5. The Bertz CT molecular complexity index is 1880. The van der Waals surface area contributed by atoms with Crippen molar-refractivity contribution in [2.75, 3.05) is 46.4 Å². The van der Waals surface area contributed by atoms with Crippen LogP contribution in [0.15, 0.2) is 36.4 Å². The van der Waals surface area contributed by atoms with Crippen molar-refractivity contribution < 1.29 is 48.5 Å². The molecule has 1 heterocycles. The van der Waals surface area contributed by atoms with Crippen LogP contribution in [-0.4, -0.2) is 127 Å². The Labute approximate surface area is 390 Å². The van der Waals surface area contributed by atoms with E-state index in [2.05, 4.69) is 33.5 Å². The molecule has 1 unspecified atom stereocenters. The van der Waals surface area contributed by atoms with Crippen LogP contribution < -0.4 is 42.8 Å². The normalized spacial score (nSPS) is 17.5. The van der Waals surface area contributed by atoms with Crippen LogP contribution in [-0.2, 0) is 39.9 Å². The summed E-state index contributed by atoms with van der Waals surface area (Å²) in [7, 11) is 1.44. The zero-order valence-electron chi connectivity index (χ0n) is 39.6. The highest BCUT2D eigenvalue weighted by molar-refractivity contribution is 5.96. The molecular weight excluding hydrogens is 849 g/mol. The predicted molar refractivity (Wildman–Crippen MR) is 252 cm³/mol. The second kappa shape index (κ2) is 29.4. The molecule has 18 heteroatoms. The summed E-state index contributed by atoms with van der Waals surface area (Å²) in [5, 5.41) is 36.2. The van der Waals surface area contributed by atoms with E-state index in [0.29, 0.717) is 42.8 Å². The summed E-state index contributed by atoms with van der Waals surface area (Å²) >= 11 is 0. The first-order valence-corrected chi connectivity index (χ1v) is 23.6. The minimum atomic E-state index is -1.38. The van der Waals surface area contributed by atoms with E-state index < -0.39 is 65.9 Å². The number of nitrogens with zero attached hydrogens (tertiary/aromatic N) is 1. The van der Waals surface area contributed by atoms with Gasteiger partial charge in [0.1, 0.15) is 55.0 Å². The summed E-state index contributed by atoms with van der Waals surface area (Å²) in [6.07, 6.45) is 9.78. The van der Waals surface area contributed by atoms with E-state index in [1.165, 1.54) is 83.4 Å². The average Bonchev–Trinajstić information content (AvgIpc) is 3.28. The fourth-order valence-electron chi connectivity index (χ4n) is 7.67. The van der Waals surface area contributed by atoms with Crippen molar-refractivity contribution in [1.29, 1.82) is 0 Å². The molecule has 2 aromatic rings. The number of aromatic hydroxyl groups is 1. The molecule has 18 nitrogen and oxygen atoms in total. The topological polar surface area (TPSA) is 277 Å². The van der Waals surface area contributed by atoms with Crippen LogP contribution in [0.25, 0.3) is 11.1 Å². The van der Waals surface area contributed by atoms with Gasteiger partial charge in [0.25, 0.3) is 0 Å². The third-order valence-electron chi connectivity index (χ3n) is 11.6. The molecule has 5 amide bonds. The number of rotatable bonds is 27. The lowest BCUT2D eigenvalue weighted by Gasteiger charge is -2.32. The largest absolute Gasteiger partial charge is 0.507 e. The molecular formula is C48H76N8O10. The molecule has 368 valence electrons. The van der Waals surface area contributed by atoms with Gasteiger partial charge in [0.2, 0.25) is 29.5 Å². The maximum Gasteiger partial charge on any atom is 0.302 e. The molecule has 0 saturated heterocycles. The maximum absolute atomic E-state index is 14.5. The number of carbonyl (C=O) groups is 6. The van der Waals surface area contributed by atoms with Crippen molar-refractivity contribution in [2.24, 2.45) is 11.5 Å². The number of ether oxygens (including phenoxy) is 2. The van der Waals surface area contributed by atoms with Crippen LogP contribution in [0.5, 0.6) is 11.5 Å². The highest BCUT2D eigenvalue weighted by Gasteiger charge is 2.36. The molecule has 3 rings (SSSR count). The first-order chi connectivity index (χ1) is 31.6. The van der Waals surface area contributed by atoms with Gasteiger partial charge < -0.3 is 62.6 Å². The molecule has 11 N–H and O–H groups in total. The number of esters is 1. The Morgan fingerprint density at radius 3 is 2.27 bits per heavy atom. The van der Waals surface area contributed by atoms with Crippen molar-refractivity contribution in [1.82, 2.24) is 31.5 Å². The summed E-state index contributed by atoms with van der Waals surface area (Å²) in [6.45, 7) is 7.86. The predicted octanol–water partition coefficient (Wildman–Crippen LogP) is 2.60. The number of hydrogen-bond donors (Lipinski definition) is 9. The number of amides is 5. The SMILES string of the molecule is CCCCCCCCCCNCCC(=O)N[C@@H](CCCCN)C(=O)N(C)[C@@H]1C(=O)N[C@@H](C)C(=O)N[C@H](C(=O)N[C@@H](C)C(O)COC(C)=O)Cc2ccc(OCCN)c(c2)-c2cc1ccc2O. The second-order valence-electron chi connectivity index (χ2n) is 17.1. The van der Waals surface area contributed by atoms with E-state index in [1.807, 2.05) is 0 Å². The van der Waals surface area contributed by atoms with Gasteiger partial charge in [-0.05, 0) is 88.0 Å². The third-order valence-corrected chi connectivity index (χ3v) is 11.6. The van der Waals surface area contributed by atoms with Crippen molar-refractivity contribution in [3.8, 4) is 22.6 Å². The zero-order chi connectivity index (χ0) is 48.6. The lowest BCUT2D eigenvalue weighted by atomic mass is 9.93. The van der Waals surface area contributed by atoms with Gasteiger partial charge in [-0.2, -0.15) is 0 Å². The lowest BCUT2D eigenvalue weighted by Crippen LogP contribution is -2.57. The molecule has 0 aromatic heterocycles. The van der Waals surface area contributed by atoms with Crippen LogP contribution in [0.3, 0.4) is 0 Å². The second-order valence-corrected chi connectivity index (χ2v) is 17.1. The third kappa shape index (κ3) is 18.2. The number of nitrogens with two attached hydrogens (primary N) is 2. The number of hydrogen-bond acceptors (Lipinski definition) is 13. The standard InChI is InChI=1S/C48H76N8O10/c1-6-7-8-9-10-11-12-15-24-51-25-21-43(60)54-38(16-13-14-22-49)48(64)56(5)44-35-18-19-40(58)36(29-35)37-27-34(17-20-42(37)65-26-23-50)28-39(55-45(61)32(3)53-47(44)63)46(62)52-31(2)41(59)30-66-33(4)57/h17-20,27,29,31-32,38-39,41,44,51,58-59H,6-16,21-26,28,30,49-50H2,1-5H3,(H,52,62)(H,53,63)(H,54,60)(H,55,61)/t31-,32-,38-,39-,41?,44-/m0/s1. The number of aliphatic hydroxyl groups excluding tert-OH is 1. The maximum atomic E-state index is 14.5. The van der Waals surface area contributed by atoms with E-state index >= 15 is 0 Å². The molecule has 0 aliphatic carbocycles. The fourth-order valence-corrected chi connectivity index (χ4v) is 7.67. The van der Waals surface area contributed by atoms with Crippen LogP contribution in [0.4, 0.5) is 0 Å². The minimum Gasteiger partial charge on any atom is -0.507 e. The van der Waals surface area contributed by atoms with E-state index in [4.69, 9.17) is 20.9 Å². The molecule has 66 heavy (non-hydrogen) atoms. The fraction of sp³-hybridized carbons (Fsp3) is 0.625. The van der Waals surface area contributed by atoms with Gasteiger partial charge in [-0.15, -0.1) is 0 Å². The highest BCUT2D eigenvalue weighted by atomic mass is 16.5. The van der Waals surface area contributed by atoms with Gasteiger partial charge in [-0.3, -0.25) is 28.8 Å². The van der Waals surface area contributed by atoms with Gasteiger partial charge in [0.05, 0.1) is 6.04 Å². The van der Waals surface area contributed by atoms with Gasteiger partial charge >= 0.3 is 5.97 Å². The van der Waals surface area contributed by atoms with Crippen LogP contribution in [0.2, 0.25) is 0 Å². The first kappa shape index (κ1) is 55.0. The zero-order valence-corrected chi connectivity index (χ0v) is 39.6. The number of likely N-dealkylation sites (N-methyl/N-ethyl adjacent to an activating group) is 1. The van der Waals surface area contributed by atoms with Crippen molar-refractivity contribution in [3.63, 3.8) is 0 Å². The Hall–Kier alpha value is -5.30. The summed E-state index contributed by atoms with van der Waals surface area (Å²) in [5.74, 6) is -3.51. The molecule has 6 atom stereocenters. The Balaban J connectivity index is 1.95. The summed E-state index contributed by atoms with van der Waals surface area (Å²) in [5.41, 5.74) is 13.0. The molecule has 0 fully saturated rings. The highest BCUT2D eigenvalue weighted by Crippen LogP contribution is 2.39. The monoisotopic (exact) mass is 925 g/mol. The number of benzene rings is 2. The number of fused-ring (bicyclic) bond motifs is 5. The number of carbonyl (C=O) groups excluding carboxylic acids is 6. The molecule has 4 bridgehead atoms. The lowest BCUT2D eigenvalue weighted by molar-refractivity contribution is -0.144. The minimum absolute atomic E-state index is 0.0674. The summed E-state index contributed by atoms with van der Waals surface area (Å²) in [4.78, 5) is 82.6. The van der Waals surface area contributed by atoms with Gasteiger partial charge in [0.15, 0.2) is 0 Å².